The van der Waals surface area contributed by atoms with Crippen molar-refractivity contribution in [3.8, 4) is 0 Å². The maximum absolute atomic E-state index is 5.00. The van der Waals surface area contributed by atoms with Gasteiger partial charge < -0.3 is 15.2 Å². The number of benzene rings is 1. The molecule has 0 unspecified atom stereocenters. The summed E-state index contributed by atoms with van der Waals surface area (Å²) < 4.78 is 2.47. The zero-order valence-electron chi connectivity index (χ0n) is 17.9. The first kappa shape index (κ1) is 18.8. The van der Waals surface area contributed by atoms with Gasteiger partial charge in [0.1, 0.15) is 11.5 Å². The minimum atomic E-state index is 0.495. The Hall–Kier alpha value is -2.99. The molecule has 0 spiro atoms. The number of anilines is 2. The number of pyridine rings is 1. The number of hydrogen-bond donors (Lipinski definition) is 2. The SMILES string of the molecule is CC1CCC(n2c3ccccc3c3cnc(Nc4ccc5c(n4)CNCC5)nc32)CC1. The molecule has 0 amide bonds. The number of para-hydroxylation sites is 1. The molecule has 1 aromatic carbocycles. The van der Waals surface area contributed by atoms with Crippen LogP contribution >= 0.6 is 0 Å². The summed E-state index contributed by atoms with van der Waals surface area (Å²) in [4.78, 5) is 14.4. The van der Waals surface area contributed by atoms with E-state index in [-0.39, 0.29) is 0 Å². The van der Waals surface area contributed by atoms with Crippen molar-refractivity contribution in [2.24, 2.45) is 5.92 Å². The fourth-order valence-electron chi connectivity index (χ4n) is 5.23. The topological polar surface area (TPSA) is 67.7 Å². The molecule has 1 saturated carbocycles. The van der Waals surface area contributed by atoms with Gasteiger partial charge in [-0.15, -0.1) is 0 Å². The van der Waals surface area contributed by atoms with Crippen molar-refractivity contribution in [3.63, 3.8) is 0 Å². The van der Waals surface area contributed by atoms with Gasteiger partial charge in [0.15, 0.2) is 0 Å². The number of rotatable bonds is 3. The molecule has 31 heavy (non-hydrogen) atoms. The largest absolute Gasteiger partial charge is 0.322 e. The van der Waals surface area contributed by atoms with Crippen LogP contribution in [0.3, 0.4) is 0 Å². The van der Waals surface area contributed by atoms with Crippen LogP contribution in [0.5, 0.6) is 0 Å². The Labute approximate surface area is 182 Å². The second kappa shape index (κ2) is 7.61. The second-order valence-corrected chi connectivity index (χ2v) is 9.09. The quantitative estimate of drug-likeness (QED) is 0.489. The third kappa shape index (κ3) is 3.35. The minimum Gasteiger partial charge on any atom is -0.322 e. The number of nitrogens with one attached hydrogen (secondary N) is 2. The monoisotopic (exact) mass is 412 g/mol. The van der Waals surface area contributed by atoms with Crippen LogP contribution in [0.25, 0.3) is 21.9 Å². The Bertz CT molecular complexity index is 1250. The Morgan fingerprint density at radius 3 is 2.77 bits per heavy atom. The van der Waals surface area contributed by atoms with E-state index in [2.05, 4.69) is 57.4 Å². The van der Waals surface area contributed by atoms with Gasteiger partial charge >= 0.3 is 0 Å². The first-order chi connectivity index (χ1) is 15.3. The molecular weight excluding hydrogens is 384 g/mol. The van der Waals surface area contributed by atoms with Gasteiger partial charge in [0.25, 0.3) is 0 Å². The van der Waals surface area contributed by atoms with Crippen LogP contribution in [0.2, 0.25) is 0 Å². The molecular formula is C25H28N6. The summed E-state index contributed by atoms with van der Waals surface area (Å²) in [5, 5.41) is 9.11. The van der Waals surface area contributed by atoms with E-state index in [1.165, 1.54) is 42.1 Å². The second-order valence-electron chi connectivity index (χ2n) is 9.09. The Balaban J connectivity index is 1.41. The molecule has 6 nitrogen and oxygen atoms in total. The standard InChI is InChI=1S/C25H28N6/c1-16-6-9-18(10-7-16)31-22-5-3-2-4-19(22)20-14-27-25(30-24(20)31)29-23-11-8-17-12-13-26-15-21(17)28-23/h2-5,8,11,14,16,18,26H,6-7,9-10,12-13,15H2,1H3,(H,27,28,29,30). The third-order valence-corrected chi connectivity index (χ3v) is 6.97. The van der Waals surface area contributed by atoms with Crippen molar-refractivity contribution in [2.45, 2.75) is 51.6 Å². The van der Waals surface area contributed by atoms with Gasteiger partial charge in [0.2, 0.25) is 5.95 Å². The van der Waals surface area contributed by atoms with Crippen LogP contribution in [0.1, 0.15) is 49.9 Å². The molecule has 158 valence electrons. The molecule has 4 aromatic rings. The number of hydrogen-bond acceptors (Lipinski definition) is 5. The molecule has 0 saturated heterocycles. The third-order valence-electron chi connectivity index (χ3n) is 6.97. The fraction of sp³-hybridized carbons (Fsp3) is 0.400. The summed E-state index contributed by atoms with van der Waals surface area (Å²) in [7, 11) is 0. The average molecular weight is 413 g/mol. The minimum absolute atomic E-state index is 0.495. The predicted octanol–water partition coefficient (Wildman–Crippen LogP) is 5.12. The van der Waals surface area contributed by atoms with Gasteiger partial charge in [-0.25, -0.2) is 9.97 Å². The van der Waals surface area contributed by atoms with Crippen LogP contribution in [-0.2, 0) is 13.0 Å². The molecule has 0 radical (unpaired) electrons. The number of nitrogens with zero attached hydrogens (tertiary/aromatic N) is 4. The average Bonchev–Trinajstić information content (AvgIpc) is 3.13. The molecule has 6 heteroatoms. The van der Waals surface area contributed by atoms with Crippen molar-refractivity contribution in [1.82, 2.24) is 24.8 Å². The summed E-state index contributed by atoms with van der Waals surface area (Å²) in [6.07, 6.45) is 7.98. The van der Waals surface area contributed by atoms with Crippen molar-refractivity contribution in [1.29, 1.82) is 0 Å². The van der Waals surface area contributed by atoms with Gasteiger partial charge in [0.05, 0.1) is 11.2 Å². The van der Waals surface area contributed by atoms with E-state index in [1.54, 1.807) is 0 Å². The van der Waals surface area contributed by atoms with Gasteiger partial charge in [-0.1, -0.05) is 31.2 Å². The van der Waals surface area contributed by atoms with Gasteiger partial charge in [-0.2, -0.15) is 4.98 Å². The van der Waals surface area contributed by atoms with E-state index in [0.717, 1.165) is 48.0 Å². The molecule has 0 bridgehead atoms. The van der Waals surface area contributed by atoms with Gasteiger partial charge in [0, 0.05) is 29.6 Å². The van der Waals surface area contributed by atoms with Crippen LogP contribution in [-0.4, -0.2) is 26.1 Å². The highest BCUT2D eigenvalue weighted by atomic mass is 15.2. The summed E-state index contributed by atoms with van der Waals surface area (Å²) in [5.74, 6) is 2.23. The first-order valence-electron chi connectivity index (χ1n) is 11.5. The lowest BCUT2D eigenvalue weighted by Gasteiger charge is -2.28. The highest BCUT2D eigenvalue weighted by Crippen LogP contribution is 2.38. The number of fused-ring (bicyclic) bond motifs is 4. The van der Waals surface area contributed by atoms with Gasteiger partial charge in [-0.3, -0.25) is 0 Å². The predicted molar refractivity (Wildman–Crippen MR) is 125 cm³/mol. The maximum Gasteiger partial charge on any atom is 0.230 e. The maximum atomic E-state index is 5.00. The molecule has 1 fully saturated rings. The molecule has 0 atom stereocenters. The Kier molecular flexibility index (Phi) is 4.60. The van der Waals surface area contributed by atoms with Crippen LogP contribution in [0.4, 0.5) is 11.8 Å². The molecule has 4 heterocycles. The lowest BCUT2D eigenvalue weighted by molar-refractivity contribution is 0.298. The van der Waals surface area contributed by atoms with E-state index in [0.29, 0.717) is 12.0 Å². The lowest BCUT2D eigenvalue weighted by atomic mass is 9.87. The molecule has 2 aliphatic rings. The van der Waals surface area contributed by atoms with E-state index < -0.39 is 0 Å². The van der Waals surface area contributed by atoms with Crippen molar-refractivity contribution >= 4 is 33.7 Å². The van der Waals surface area contributed by atoms with E-state index >= 15 is 0 Å². The van der Waals surface area contributed by atoms with E-state index in [4.69, 9.17) is 9.97 Å². The number of aromatic nitrogens is 4. The zero-order chi connectivity index (χ0) is 20.8. The smallest absolute Gasteiger partial charge is 0.230 e. The first-order valence-corrected chi connectivity index (χ1v) is 11.5. The fourth-order valence-corrected chi connectivity index (χ4v) is 5.23. The molecule has 1 aliphatic carbocycles. The zero-order valence-corrected chi connectivity index (χ0v) is 17.9. The molecule has 2 N–H and O–H groups in total. The Morgan fingerprint density at radius 2 is 1.87 bits per heavy atom. The van der Waals surface area contributed by atoms with Crippen molar-refractivity contribution in [3.05, 3.63) is 53.9 Å². The van der Waals surface area contributed by atoms with E-state index in [1.807, 2.05) is 12.3 Å². The van der Waals surface area contributed by atoms with E-state index in [9.17, 15) is 0 Å². The van der Waals surface area contributed by atoms with Gasteiger partial charge in [-0.05, 0) is 62.3 Å². The highest BCUT2D eigenvalue weighted by molar-refractivity contribution is 6.06. The summed E-state index contributed by atoms with van der Waals surface area (Å²) in [6.45, 7) is 4.21. The summed E-state index contributed by atoms with van der Waals surface area (Å²) >= 11 is 0. The van der Waals surface area contributed by atoms with Crippen molar-refractivity contribution in [2.75, 3.05) is 11.9 Å². The molecule has 3 aromatic heterocycles. The molecule has 1 aliphatic heterocycles. The van der Waals surface area contributed by atoms with Crippen LogP contribution < -0.4 is 10.6 Å². The normalized spacial score (nSPS) is 21.3. The highest BCUT2D eigenvalue weighted by Gasteiger charge is 2.24. The van der Waals surface area contributed by atoms with Crippen LogP contribution in [0, 0.1) is 5.92 Å². The lowest BCUT2D eigenvalue weighted by Crippen LogP contribution is -2.24. The summed E-state index contributed by atoms with van der Waals surface area (Å²) in [5.41, 5.74) is 4.73. The Morgan fingerprint density at radius 1 is 1.00 bits per heavy atom. The van der Waals surface area contributed by atoms with Crippen LogP contribution in [0.15, 0.2) is 42.6 Å². The van der Waals surface area contributed by atoms with Crippen molar-refractivity contribution < 1.29 is 0 Å². The summed E-state index contributed by atoms with van der Waals surface area (Å²) in [6, 6.07) is 13.3. The molecule has 6 rings (SSSR count).